The quantitative estimate of drug-likeness (QED) is 0.662. The Labute approximate surface area is 169 Å². The van der Waals surface area contributed by atoms with E-state index in [0.29, 0.717) is 12.2 Å². The Morgan fingerprint density at radius 2 is 1.50 bits per heavy atom. The highest BCUT2D eigenvalue weighted by Gasteiger charge is 2.22. The average molecular weight is 384 g/mol. The highest BCUT2D eigenvalue weighted by atomic mass is 16.5. The van der Waals surface area contributed by atoms with Crippen LogP contribution in [-0.4, -0.2) is 19.1 Å². The molecule has 2 aromatic carbocycles. The summed E-state index contributed by atoms with van der Waals surface area (Å²) < 4.78 is 11.2. The fourth-order valence-electron chi connectivity index (χ4n) is 3.04. The number of hydrogen-bond acceptors (Lipinski definition) is 3. The van der Waals surface area contributed by atoms with Gasteiger partial charge in [-0.15, -0.1) is 0 Å². The van der Waals surface area contributed by atoms with Crippen molar-refractivity contribution in [1.29, 1.82) is 0 Å². The summed E-state index contributed by atoms with van der Waals surface area (Å²) in [6.07, 6.45) is 0.883. The summed E-state index contributed by atoms with van der Waals surface area (Å²) in [5.41, 5.74) is 2.39. The standard InChI is InChI=1S/C24H33NO3/c1-7-21(17-9-13-19(27-6)14-10-17)25-23(26)22(8-2)28-20-15-11-18(12-16-20)24(3,4)5/h9-16,21-22H,7-8H2,1-6H3,(H,25,26)/t21-,22-/m0/s1. The van der Waals surface area contributed by atoms with Gasteiger partial charge in [0.15, 0.2) is 6.10 Å². The largest absolute Gasteiger partial charge is 0.497 e. The minimum absolute atomic E-state index is 0.0562. The van der Waals surface area contributed by atoms with Crippen LogP contribution in [0.5, 0.6) is 11.5 Å². The van der Waals surface area contributed by atoms with Crippen LogP contribution in [-0.2, 0) is 10.2 Å². The maximum atomic E-state index is 12.8. The molecule has 1 N–H and O–H groups in total. The molecule has 1 amide bonds. The molecule has 4 nitrogen and oxygen atoms in total. The Bertz CT molecular complexity index is 745. The lowest BCUT2D eigenvalue weighted by atomic mass is 9.87. The lowest BCUT2D eigenvalue weighted by Crippen LogP contribution is -2.39. The molecule has 0 fully saturated rings. The van der Waals surface area contributed by atoms with Crippen molar-refractivity contribution in [2.45, 2.75) is 65.0 Å². The molecule has 2 rings (SSSR count). The van der Waals surface area contributed by atoms with Gasteiger partial charge >= 0.3 is 0 Å². The van der Waals surface area contributed by atoms with Gasteiger partial charge in [-0.2, -0.15) is 0 Å². The van der Waals surface area contributed by atoms with Gasteiger partial charge in [-0.25, -0.2) is 0 Å². The predicted molar refractivity (Wildman–Crippen MR) is 114 cm³/mol. The molecule has 0 aliphatic carbocycles. The lowest BCUT2D eigenvalue weighted by molar-refractivity contribution is -0.128. The number of carbonyl (C=O) groups is 1. The molecule has 0 saturated carbocycles. The molecule has 0 aliphatic heterocycles. The van der Waals surface area contributed by atoms with Crippen LogP contribution in [0.3, 0.4) is 0 Å². The van der Waals surface area contributed by atoms with Gasteiger partial charge in [-0.05, 0) is 53.6 Å². The SMILES string of the molecule is CC[C@H](Oc1ccc(C(C)(C)C)cc1)C(=O)N[C@@H](CC)c1ccc(OC)cc1. The number of hydrogen-bond donors (Lipinski definition) is 1. The molecular weight excluding hydrogens is 350 g/mol. The summed E-state index contributed by atoms with van der Waals surface area (Å²) in [6, 6.07) is 15.7. The van der Waals surface area contributed by atoms with Gasteiger partial charge in [-0.3, -0.25) is 4.79 Å². The van der Waals surface area contributed by atoms with Gasteiger partial charge in [-0.1, -0.05) is 58.9 Å². The first kappa shape index (κ1) is 21.8. The van der Waals surface area contributed by atoms with Crippen molar-refractivity contribution in [3.63, 3.8) is 0 Å². The summed E-state index contributed by atoms with van der Waals surface area (Å²) >= 11 is 0. The molecule has 0 heterocycles. The van der Waals surface area contributed by atoms with Crippen LogP contribution in [0.1, 0.15) is 64.6 Å². The Kier molecular flexibility index (Phi) is 7.50. The van der Waals surface area contributed by atoms with Crippen molar-refractivity contribution in [2.75, 3.05) is 7.11 Å². The van der Waals surface area contributed by atoms with Crippen molar-refractivity contribution >= 4 is 5.91 Å². The number of nitrogens with one attached hydrogen (secondary N) is 1. The highest BCUT2D eigenvalue weighted by Crippen LogP contribution is 2.25. The van der Waals surface area contributed by atoms with E-state index in [1.165, 1.54) is 5.56 Å². The number of benzene rings is 2. The van der Waals surface area contributed by atoms with Crippen molar-refractivity contribution in [2.24, 2.45) is 0 Å². The molecule has 28 heavy (non-hydrogen) atoms. The van der Waals surface area contributed by atoms with E-state index >= 15 is 0 Å². The van der Waals surface area contributed by atoms with E-state index in [1.54, 1.807) is 7.11 Å². The number of carbonyl (C=O) groups excluding carboxylic acids is 1. The maximum Gasteiger partial charge on any atom is 0.261 e. The fraction of sp³-hybridized carbons (Fsp3) is 0.458. The van der Waals surface area contributed by atoms with Crippen molar-refractivity contribution in [3.8, 4) is 11.5 Å². The van der Waals surface area contributed by atoms with Crippen molar-refractivity contribution < 1.29 is 14.3 Å². The summed E-state index contributed by atoms with van der Waals surface area (Å²) in [7, 11) is 1.64. The highest BCUT2D eigenvalue weighted by molar-refractivity contribution is 5.81. The molecular formula is C24H33NO3. The normalized spacial score (nSPS) is 13.5. The zero-order valence-electron chi connectivity index (χ0n) is 17.9. The Morgan fingerprint density at radius 1 is 0.929 bits per heavy atom. The second kappa shape index (κ2) is 9.63. The van der Waals surface area contributed by atoms with Gasteiger partial charge in [0, 0.05) is 0 Å². The molecule has 152 valence electrons. The summed E-state index contributed by atoms with van der Waals surface area (Å²) in [6.45, 7) is 10.5. The maximum absolute atomic E-state index is 12.8. The second-order valence-corrected chi connectivity index (χ2v) is 8.03. The van der Waals surface area contributed by atoms with E-state index in [1.807, 2.05) is 43.3 Å². The average Bonchev–Trinajstić information content (AvgIpc) is 2.69. The lowest BCUT2D eigenvalue weighted by Gasteiger charge is -2.23. The third-order valence-corrected chi connectivity index (χ3v) is 4.90. The number of rotatable bonds is 8. The van der Waals surface area contributed by atoms with Crippen LogP contribution >= 0.6 is 0 Å². The van der Waals surface area contributed by atoms with E-state index in [4.69, 9.17) is 9.47 Å². The monoisotopic (exact) mass is 383 g/mol. The van der Waals surface area contributed by atoms with Crippen LogP contribution in [0.15, 0.2) is 48.5 Å². The van der Waals surface area contributed by atoms with E-state index in [-0.39, 0.29) is 17.4 Å². The molecule has 0 aromatic heterocycles. The minimum Gasteiger partial charge on any atom is -0.497 e. The zero-order chi connectivity index (χ0) is 20.7. The van der Waals surface area contributed by atoms with Gasteiger partial charge in [0.2, 0.25) is 0 Å². The molecule has 0 spiro atoms. The molecule has 4 heteroatoms. The van der Waals surface area contributed by atoms with Crippen LogP contribution in [0.2, 0.25) is 0 Å². The van der Waals surface area contributed by atoms with E-state index < -0.39 is 6.10 Å². The van der Waals surface area contributed by atoms with Crippen molar-refractivity contribution in [3.05, 3.63) is 59.7 Å². The van der Waals surface area contributed by atoms with E-state index in [2.05, 4.69) is 45.1 Å². The summed E-state index contributed by atoms with van der Waals surface area (Å²) in [5.74, 6) is 1.43. The Balaban J connectivity index is 2.04. The van der Waals surface area contributed by atoms with Crippen LogP contribution < -0.4 is 14.8 Å². The number of ether oxygens (including phenoxy) is 2. The number of amides is 1. The summed E-state index contributed by atoms with van der Waals surface area (Å²) in [5, 5.41) is 3.12. The van der Waals surface area contributed by atoms with E-state index in [9.17, 15) is 4.79 Å². The van der Waals surface area contributed by atoms with Gasteiger partial charge < -0.3 is 14.8 Å². The van der Waals surface area contributed by atoms with Crippen LogP contribution in [0, 0.1) is 0 Å². The smallest absolute Gasteiger partial charge is 0.261 e. The van der Waals surface area contributed by atoms with E-state index in [0.717, 1.165) is 17.7 Å². The van der Waals surface area contributed by atoms with Gasteiger partial charge in [0.05, 0.1) is 13.2 Å². The first-order chi connectivity index (χ1) is 13.3. The molecule has 0 saturated heterocycles. The molecule has 2 atom stereocenters. The zero-order valence-corrected chi connectivity index (χ0v) is 17.9. The Hall–Kier alpha value is -2.49. The van der Waals surface area contributed by atoms with Crippen molar-refractivity contribution in [1.82, 2.24) is 5.32 Å². The second-order valence-electron chi connectivity index (χ2n) is 8.03. The third kappa shape index (κ3) is 5.75. The topological polar surface area (TPSA) is 47.6 Å². The number of methoxy groups -OCH3 is 1. The molecule has 2 aromatic rings. The first-order valence-electron chi connectivity index (χ1n) is 10.00. The third-order valence-electron chi connectivity index (χ3n) is 4.90. The summed E-state index contributed by atoms with van der Waals surface area (Å²) in [4.78, 5) is 12.8. The molecule has 0 bridgehead atoms. The first-order valence-corrected chi connectivity index (χ1v) is 10.00. The molecule has 0 unspecified atom stereocenters. The Morgan fingerprint density at radius 3 is 1.96 bits per heavy atom. The van der Waals surface area contributed by atoms with Gasteiger partial charge in [0.1, 0.15) is 11.5 Å². The fourth-order valence-corrected chi connectivity index (χ4v) is 3.04. The molecule has 0 aliphatic rings. The van der Waals surface area contributed by atoms with Crippen LogP contribution in [0.25, 0.3) is 0 Å². The van der Waals surface area contributed by atoms with Crippen LogP contribution in [0.4, 0.5) is 0 Å². The minimum atomic E-state index is -0.521. The predicted octanol–water partition coefficient (Wildman–Crippen LogP) is 5.42. The molecule has 0 radical (unpaired) electrons. The van der Waals surface area contributed by atoms with Gasteiger partial charge in [0.25, 0.3) is 5.91 Å².